The van der Waals surface area contributed by atoms with Crippen LogP contribution in [0.1, 0.15) is 28.0 Å². The minimum Gasteiger partial charge on any atom is -0.477 e. The summed E-state index contributed by atoms with van der Waals surface area (Å²) in [6.07, 6.45) is -8.47. The number of carboxylic acid groups (broad SMARTS) is 1. The SMILES string of the molecule is O=C(O)c1cc(CCl)c(C(F)F)nc1OC(F)(F)F. The van der Waals surface area contributed by atoms with Crippen LogP contribution in [-0.4, -0.2) is 22.4 Å². The predicted molar refractivity (Wildman–Crippen MR) is 52.4 cm³/mol. The number of halogens is 6. The number of aromatic nitrogens is 1. The summed E-state index contributed by atoms with van der Waals surface area (Å²) in [5.41, 5.74) is -2.44. The van der Waals surface area contributed by atoms with Crippen LogP contribution in [0.3, 0.4) is 0 Å². The number of ether oxygens (including phenoxy) is 1. The minimum absolute atomic E-state index is 0.386. The van der Waals surface area contributed by atoms with Gasteiger partial charge in [-0.2, -0.15) is 0 Å². The van der Waals surface area contributed by atoms with Crippen LogP contribution in [0, 0.1) is 0 Å². The zero-order valence-corrected chi connectivity index (χ0v) is 9.60. The lowest BCUT2D eigenvalue weighted by atomic mass is 10.1. The molecule has 0 aliphatic rings. The molecule has 4 nitrogen and oxygen atoms in total. The number of pyridine rings is 1. The van der Waals surface area contributed by atoms with Crippen LogP contribution in [0.4, 0.5) is 22.0 Å². The molecule has 0 aromatic carbocycles. The van der Waals surface area contributed by atoms with Gasteiger partial charge < -0.3 is 9.84 Å². The van der Waals surface area contributed by atoms with Crippen molar-refractivity contribution in [1.29, 1.82) is 0 Å². The van der Waals surface area contributed by atoms with Crippen molar-refractivity contribution in [3.05, 3.63) is 22.9 Å². The Morgan fingerprint density at radius 3 is 2.42 bits per heavy atom. The maximum absolute atomic E-state index is 12.6. The summed E-state index contributed by atoms with van der Waals surface area (Å²) < 4.78 is 64.5. The Labute approximate surface area is 107 Å². The quantitative estimate of drug-likeness (QED) is 0.684. The molecule has 0 bridgehead atoms. The summed E-state index contributed by atoms with van der Waals surface area (Å²) in [5.74, 6) is -3.79. The lowest BCUT2D eigenvalue weighted by molar-refractivity contribution is -0.276. The zero-order chi connectivity index (χ0) is 14.8. The van der Waals surface area contributed by atoms with Gasteiger partial charge in [0.25, 0.3) is 6.43 Å². The van der Waals surface area contributed by atoms with Crippen LogP contribution in [0.2, 0.25) is 0 Å². The molecule has 0 amide bonds. The third kappa shape index (κ3) is 3.91. The first-order valence-electron chi connectivity index (χ1n) is 4.52. The Bertz CT molecular complexity index is 491. The first-order valence-corrected chi connectivity index (χ1v) is 5.06. The summed E-state index contributed by atoms with van der Waals surface area (Å²) in [6, 6.07) is 0.574. The van der Waals surface area contributed by atoms with Crippen molar-refractivity contribution in [3.63, 3.8) is 0 Å². The van der Waals surface area contributed by atoms with Gasteiger partial charge in [0, 0.05) is 5.88 Å². The second-order valence-corrected chi connectivity index (χ2v) is 3.44. The van der Waals surface area contributed by atoms with Gasteiger partial charge in [0.15, 0.2) is 0 Å². The Hall–Kier alpha value is -1.64. The number of carboxylic acids is 1. The fourth-order valence-corrected chi connectivity index (χ4v) is 1.40. The molecule has 19 heavy (non-hydrogen) atoms. The molecule has 1 aromatic heterocycles. The summed E-state index contributed by atoms with van der Waals surface area (Å²) in [5, 5.41) is 8.69. The van der Waals surface area contributed by atoms with E-state index in [1.165, 1.54) is 0 Å². The molecule has 106 valence electrons. The summed E-state index contributed by atoms with van der Waals surface area (Å²) >= 11 is 5.31. The van der Waals surface area contributed by atoms with E-state index in [4.69, 9.17) is 16.7 Å². The molecule has 1 N–H and O–H groups in total. The second-order valence-electron chi connectivity index (χ2n) is 3.17. The Morgan fingerprint density at radius 2 is 2.05 bits per heavy atom. The highest BCUT2D eigenvalue weighted by molar-refractivity contribution is 6.17. The van der Waals surface area contributed by atoms with E-state index >= 15 is 0 Å². The molecule has 0 unspecified atom stereocenters. The van der Waals surface area contributed by atoms with Crippen molar-refractivity contribution in [2.45, 2.75) is 18.7 Å². The van der Waals surface area contributed by atoms with Gasteiger partial charge in [-0.05, 0) is 11.6 Å². The third-order valence-electron chi connectivity index (χ3n) is 1.89. The normalized spacial score (nSPS) is 11.7. The predicted octanol–water partition coefficient (Wildman–Crippen LogP) is 3.35. The molecule has 0 aliphatic carbocycles. The highest BCUT2D eigenvalue weighted by Crippen LogP contribution is 2.31. The smallest absolute Gasteiger partial charge is 0.477 e. The van der Waals surface area contributed by atoms with Crippen molar-refractivity contribution in [2.75, 3.05) is 0 Å². The lowest BCUT2D eigenvalue weighted by Crippen LogP contribution is -2.21. The second kappa shape index (κ2) is 5.55. The van der Waals surface area contributed by atoms with E-state index in [0.29, 0.717) is 6.07 Å². The molecular formula is C9H5ClF5NO3. The molecule has 0 aliphatic heterocycles. The first-order chi connectivity index (χ1) is 8.65. The van der Waals surface area contributed by atoms with Gasteiger partial charge in [-0.1, -0.05) is 0 Å². The van der Waals surface area contributed by atoms with Crippen molar-refractivity contribution in [1.82, 2.24) is 4.98 Å². The van der Waals surface area contributed by atoms with Gasteiger partial charge in [-0.15, -0.1) is 24.8 Å². The fraction of sp³-hybridized carbons (Fsp3) is 0.333. The van der Waals surface area contributed by atoms with Crippen molar-refractivity contribution < 1.29 is 36.6 Å². The van der Waals surface area contributed by atoms with E-state index in [2.05, 4.69) is 9.72 Å². The number of carbonyl (C=O) groups is 1. The van der Waals surface area contributed by atoms with Gasteiger partial charge in [-0.3, -0.25) is 0 Å². The van der Waals surface area contributed by atoms with Crippen LogP contribution in [0.25, 0.3) is 0 Å². The van der Waals surface area contributed by atoms with E-state index in [1.807, 2.05) is 0 Å². The number of nitrogens with zero attached hydrogens (tertiary/aromatic N) is 1. The number of rotatable bonds is 4. The van der Waals surface area contributed by atoms with Crippen LogP contribution >= 0.6 is 11.6 Å². The number of alkyl halides is 6. The third-order valence-corrected chi connectivity index (χ3v) is 2.18. The molecule has 0 saturated heterocycles. The number of hydrogen-bond acceptors (Lipinski definition) is 3. The van der Waals surface area contributed by atoms with Crippen molar-refractivity contribution in [2.24, 2.45) is 0 Å². The summed E-state index contributed by atoms with van der Waals surface area (Å²) in [6.45, 7) is 0. The van der Waals surface area contributed by atoms with E-state index in [1.54, 1.807) is 0 Å². The number of hydrogen-bond donors (Lipinski definition) is 1. The minimum atomic E-state index is -5.25. The van der Waals surface area contributed by atoms with Gasteiger partial charge in [0.2, 0.25) is 5.88 Å². The lowest BCUT2D eigenvalue weighted by Gasteiger charge is -2.13. The molecule has 0 fully saturated rings. The van der Waals surface area contributed by atoms with Gasteiger partial charge in [-0.25, -0.2) is 18.6 Å². The van der Waals surface area contributed by atoms with Crippen LogP contribution < -0.4 is 4.74 Å². The highest BCUT2D eigenvalue weighted by atomic mass is 35.5. The van der Waals surface area contributed by atoms with Crippen LogP contribution in [0.5, 0.6) is 5.88 Å². The average molecular weight is 306 g/mol. The van der Waals surface area contributed by atoms with Gasteiger partial charge in [0.05, 0.1) is 0 Å². The molecular weight excluding hydrogens is 301 g/mol. The van der Waals surface area contributed by atoms with Crippen molar-refractivity contribution >= 4 is 17.6 Å². The summed E-state index contributed by atoms with van der Waals surface area (Å²) in [7, 11) is 0. The van der Waals surface area contributed by atoms with E-state index < -0.39 is 41.8 Å². The van der Waals surface area contributed by atoms with Gasteiger partial charge >= 0.3 is 12.3 Å². The zero-order valence-electron chi connectivity index (χ0n) is 8.84. The Kier molecular flexibility index (Phi) is 4.51. The standard InChI is InChI=1S/C9H5ClF5NO3/c10-2-3-1-4(8(17)18)7(19-9(13,14)15)16-5(3)6(11)12/h1,6H,2H2,(H,17,18). The largest absolute Gasteiger partial charge is 0.574 e. The summed E-state index contributed by atoms with van der Waals surface area (Å²) in [4.78, 5) is 13.6. The average Bonchev–Trinajstić information content (AvgIpc) is 2.25. The van der Waals surface area contributed by atoms with Gasteiger partial charge in [0.1, 0.15) is 11.3 Å². The molecule has 1 aromatic rings. The molecule has 0 spiro atoms. The van der Waals surface area contributed by atoms with E-state index in [-0.39, 0.29) is 5.56 Å². The number of aromatic carboxylic acids is 1. The Balaban J connectivity index is 3.41. The monoisotopic (exact) mass is 305 g/mol. The van der Waals surface area contributed by atoms with Crippen LogP contribution in [-0.2, 0) is 5.88 Å². The molecule has 0 saturated carbocycles. The topological polar surface area (TPSA) is 59.4 Å². The van der Waals surface area contributed by atoms with Crippen LogP contribution in [0.15, 0.2) is 6.07 Å². The maximum atomic E-state index is 12.6. The fourth-order valence-electron chi connectivity index (χ4n) is 1.19. The molecule has 1 rings (SSSR count). The molecule has 0 radical (unpaired) electrons. The molecule has 0 atom stereocenters. The van der Waals surface area contributed by atoms with Crippen molar-refractivity contribution in [3.8, 4) is 5.88 Å². The first kappa shape index (κ1) is 15.4. The van der Waals surface area contributed by atoms with E-state index in [0.717, 1.165) is 0 Å². The maximum Gasteiger partial charge on any atom is 0.574 e. The molecule has 10 heteroatoms. The Morgan fingerprint density at radius 1 is 1.47 bits per heavy atom. The van der Waals surface area contributed by atoms with E-state index in [9.17, 15) is 26.7 Å². The highest BCUT2D eigenvalue weighted by Gasteiger charge is 2.35. The molecule has 1 heterocycles.